The molecule has 0 aliphatic carbocycles. The summed E-state index contributed by atoms with van der Waals surface area (Å²) in [6, 6.07) is 14.0. The number of halogens is 1. The summed E-state index contributed by atoms with van der Waals surface area (Å²) in [4.78, 5) is 12.1. The van der Waals surface area contributed by atoms with E-state index in [0.29, 0.717) is 12.1 Å². The van der Waals surface area contributed by atoms with Gasteiger partial charge in [-0.05, 0) is 43.2 Å². The van der Waals surface area contributed by atoms with E-state index < -0.39 is 0 Å². The predicted molar refractivity (Wildman–Crippen MR) is 82.9 cm³/mol. The number of amides is 1. The van der Waals surface area contributed by atoms with Gasteiger partial charge in [-0.2, -0.15) is 0 Å². The average Bonchev–Trinajstić information content (AvgIpc) is 2.50. The lowest BCUT2D eigenvalue weighted by molar-refractivity contribution is 0.0951. The SMILES string of the molecule is CC[C@H](CNC(=O)c1ccc(C)cc1)c1ccc(F)cc1. The standard InChI is InChI=1S/C18H20FNO/c1-3-14(15-8-10-17(19)11-9-15)12-20-18(21)16-6-4-13(2)5-7-16/h4-11,14H,3,12H2,1-2H3,(H,20,21)/t14-/m1/s1. The first-order valence-corrected chi connectivity index (χ1v) is 7.20. The quantitative estimate of drug-likeness (QED) is 0.882. The first-order chi connectivity index (χ1) is 10.1. The molecule has 3 heteroatoms. The third kappa shape index (κ3) is 4.15. The minimum atomic E-state index is -0.239. The van der Waals surface area contributed by atoms with Gasteiger partial charge in [0.15, 0.2) is 0 Å². The topological polar surface area (TPSA) is 29.1 Å². The lowest BCUT2D eigenvalue weighted by Gasteiger charge is -2.16. The van der Waals surface area contributed by atoms with E-state index >= 15 is 0 Å². The summed E-state index contributed by atoms with van der Waals surface area (Å²) in [5.41, 5.74) is 2.84. The van der Waals surface area contributed by atoms with E-state index in [4.69, 9.17) is 0 Å². The van der Waals surface area contributed by atoms with Crippen LogP contribution in [-0.4, -0.2) is 12.5 Å². The van der Waals surface area contributed by atoms with Gasteiger partial charge in [-0.3, -0.25) is 4.79 Å². The fourth-order valence-corrected chi connectivity index (χ4v) is 2.26. The molecule has 1 atom stereocenters. The van der Waals surface area contributed by atoms with Crippen LogP contribution in [-0.2, 0) is 0 Å². The molecule has 2 rings (SSSR count). The largest absolute Gasteiger partial charge is 0.351 e. The highest BCUT2D eigenvalue weighted by Crippen LogP contribution is 2.19. The fourth-order valence-electron chi connectivity index (χ4n) is 2.26. The average molecular weight is 285 g/mol. The molecule has 2 aromatic carbocycles. The zero-order chi connectivity index (χ0) is 15.2. The molecule has 0 radical (unpaired) electrons. The van der Waals surface area contributed by atoms with Gasteiger partial charge in [-0.1, -0.05) is 36.8 Å². The van der Waals surface area contributed by atoms with Gasteiger partial charge in [0.1, 0.15) is 5.82 Å². The minimum absolute atomic E-state index is 0.0736. The normalized spacial score (nSPS) is 12.0. The van der Waals surface area contributed by atoms with Crippen LogP contribution in [0.1, 0.15) is 40.7 Å². The van der Waals surface area contributed by atoms with Crippen molar-refractivity contribution < 1.29 is 9.18 Å². The molecule has 0 aliphatic rings. The van der Waals surface area contributed by atoms with Gasteiger partial charge in [-0.15, -0.1) is 0 Å². The van der Waals surface area contributed by atoms with Gasteiger partial charge < -0.3 is 5.32 Å². The van der Waals surface area contributed by atoms with Crippen molar-refractivity contribution in [2.24, 2.45) is 0 Å². The molecule has 0 saturated carbocycles. The molecular formula is C18H20FNO. The highest BCUT2D eigenvalue weighted by Gasteiger charge is 2.12. The van der Waals surface area contributed by atoms with Gasteiger partial charge in [0, 0.05) is 18.0 Å². The molecule has 0 saturated heterocycles. The van der Waals surface area contributed by atoms with E-state index in [9.17, 15) is 9.18 Å². The molecule has 1 N–H and O–H groups in total. The van der Waals surface area contributed by atoms with Crippen molar-refractivity contribution in [3.63, 3.8) is 0 Å². The molecule has 0 heterocycles. The number of carbonyl (C=O) groups is 1. The Morgan fingerprint density at radius 3 is 2.29 bits per heavy atom. The van der Waals surface area contributed by atoms with E-state index in [1.165, 1.54) is 12.1 Å². The van der Waals surface area contributed by atoms with Crippen molar-refractivity contribution in [3.05, 3.63) is 71.0 Å². The number of aryl methyl sites for hydroxylation is 1. The third-order valence-corrected chi connectivity index (χ3v) is 3.66. The summed E-state index contributed by atoms with van der Waals surface area (Å²) < 4.78 is 13.0. The van der Waals surface area contributed by atoms with Gasteiger partial charge in [0.05, 0.1) is 0 Å². The second-order valence-corrected chi connectivity index (χ2v) is 5.23. The van der Waals surface area contributed by atoms with Crippen LogP contribution in [0.25, 0.3) is 0 Å². The van der Waals surface area contributed by atoms with Crippen molar-refractivity contribution in [1.82, 2.24) is 5.32 Å². The second kappa shape index (κ2) is 7.02. The molecule has 21 heavy (non-hydrogen) atoms. The van der Waals surface area contributed by atoms with Crippen molar-refractivity contribution >= 4 is 5.91 Å². The smallest absolute Gasteiger partial charge is 0.251 e. The first-order valence-electron chi connectivity index (χ1n) is 7.20. The first kappa shape index (κ1) is 15.2. The fraction of sp³-hybridized carbons (Fsp3) is 0.278. The lowest BCUT2D eigenvalue weighted by Crippen LogP contribution is -2.28. The monoisotopic (exact) mass is 285 g/mol. The molecule has 2 nitrogen and oxygen atoms in total. The molecule has 1 amide bonds. The highest BCUT2D eigenvalue weighted by molar-refractivity contribution is 5.94. The molecule has 0 unspecified atom stereocenters. The molecular weight excluding hydrogens is 265 g/mol. The Morgan fingerprint density at radius 1 is 1.10 bits per heavy atom. The second-order valence-electron chi connectivity index (χ2n) is 5.23. The Balaban J connectivity index is 1.98. The predicted octanol–water partition coefficient (Wildman–Crippen LogP) is 4.06. The Labute approximate surface area is 125 Å². The van der Waals surface area contributed by atoms with Crippen LogP contribution in [0.3, 0.4) is 0 Å². The zero-order valence-electron chi connectivity index (χ0n) is 12.4. The van der Waals surface area contributed by atoms with Gasteiger partial charge in [0.2, 0.25) is 0 Å². The van der Waals surface area contributed by atoms with Crippen molar-refractivity contribution in [2.45, 2.75) is 26.2 Å². The molecule has 0 bridgehead atoms. The summed E-state index contributed by atoms with van der Waals surface area (Å²) in [5, 5.41) is 2.95. The van der Waals surface area contributed by atoms with Gasteiger partial charge in [-0.25, -0.2) is 4.39 Å². The zero-order valence-corrected chi connectivity index (χ0v) is 12.4. The van der Waals surface area contributed by atoms with E-state index in [0.717, 1.165) is 17.5 Å². The maximum Gasteiger partial charge on any atom is 0.251 e. The summed E-state index contributed by atoms with van der Waals surface area (Å²) >= 11 is 0. The van der Waals surface area contributed by atoms with Gasteiger partial charge in [0.25, 0.3) is 5.91 Å². The van der Waals surface area contributed by atoms with Crippen LogP contribution in [0.2, 0.25) is 0 Å². The van der Waals surface area contributed by atoms with E-state index in [2.05, 4.69) is 12.2 Å². The molecule has 0 fully saturated rings. The van der Waals surface area contributed by atoms with Crippen LogP contribution < -0.4 is 5.32 Å². The Bertz CT molecular complexity index is 590. The van der Waals surface area contributed by atoms with Crippen LogP contribution in [0, 0.1) is 12.7 Å². The minimum Gasteiger partial charge on any atom is -0.351 e. The van der Waals surface area contributed by atoms with Crippen molar-refractivity contribution in [3.8, 4) is 0 Å². The summed E-state index contributed by atoms with van der Waals surface area (Å²) in [6.07, 6.45) is 0.889. The van der Waals surface area contributed by atoms with Gasteiger partial charge >= 0.3 is 0 Å². The highest BCUT2D eigenvalue weighted by atomic mass is 19.1. The number of carbonyl (C=O) groups excluding carboxylic acids is 1. The summed E-state index contributed by atoms with van der Waals surface area (Å²) in [6.45, 7) is 4.60. The van der Waals surface area contributed by atoms with Crippen LogP contribution in [0.5, 0.6) is 0 Å². The summed E-state index contributed by atoms with van der Waals surface area (Å²) in [5.74, 6) is -0.118. The lowest BCUT2D eigenvalue weighted by atomic mass is 9.96. The molecule has 2 aromatic rings. The van der Waals surface area contributed by atoms with Crippen LogP contribution in [0.4, 0.5) is 4.39 Å². The molecule has 0 aliphatic heterocycles. The molecule has 0 spiro atoms. The Morgan fingerprint density at radius 2 is 1.71 bits per heavy atom. The van der Waals surface area contributed by atoms with Crippen LogP contribution in [0.15, 0.2) is 48.5 Å². The van der Waals surface area contributed by atoms with E-state index in [1.807, 2.05) is 31.2 Å². The van der Waals surface area contributed by atoms with Crippen LogP contribution >= 0.6 is 0 Å². The maximum absolute atomic E-state index is 13.0. The number of rotatable bonds is 5. The summed E-state index contributed by atoms with van der Waals surface area (Å²) in [7, 11) is 0. The van der Waals surface area contributed by atoms with E-state index in [1.54, 1.807) is 12.1 Å². The number of hydrogen-bond donors (Lipinski definition) is 1. The van der Waals surface area contributed by atoms with Crippen molar-refractivity contribution in [1.29, 1.82) is 0 Å². The van der Waals surface area contributed by atoms with E-state index in [-0.39, 0.29) is 17.6 Å². The maximum atomic E-state index is 13.0. The number of hydrogen-bond acceptors (Lipinski definition) is 1. The Kier molecular flexibility index (Phi) is 5.09. The molecule has 110 valence electrons. The Hall–Kier alpha value is -2.16. The molecule has 0 aromatic heterocycles. The number of nitrogens with one attached hydrogen (secondary N) is 1. The third-order valence-electron chi connectivity index (χ3n) is 3.66. The number of benzene rings is 2. The van der Waals surface area contributed by atoms with Crippen molar-refractivity contribution in [2.75, 3.05) is 6.54 Å².